The monoisotopic (exact) mass is 624 g/mol. The average molecular weight is 625 g/mol. The van der Waals surface area contributed by atoms with Gasteiger partial charge in [-0.05, 0) is 110 Å². The van der Waals surface area contributed by atoms with Crippen molar-refractivity contribution < 1.29 is 39.9 Å². The summed E-state index contributed by atoms with van der Waals surface area (Å²) in [5.41, 5.74) is -1.15. The highest BCUT2D eigenvalue weighted by atomic mass is 16.6. The summed E-state index contributed by atoms with van der Waals surface area (Å²) >= 11 is 0. The van der Waals surface area contributed by atoms with E-state index in [1.807, 2.05) is 0 Å². The van der Waals surface area contributed by atoms with Crippen LogP contribution in [0.15, 0.2) is 29.8 Å². The number of ether oxygens (including phenoxy) is 1. The van der Waals surface area contributed by atoms with Gasteiger partial charge in [-0.25, -0.2) is 4.79 Å². The number of carboxylic acid groups (broad SMARTS) is 1. The van der Waals surface area contributed by atoms with E-state index in [1.54, 1.807) is 0 Å². The maximum Gasteiger partial charge on any atom is 0.338 e. The molecule has 5 aliphatic rings. The molecule has 6 rings (SSSR count). The van der Waals surface area contributed by atoms with Crippen LogP contribution in [-0.2, 0) is 9.53 Å². The Balaban J connectivity index is 1.36. The molecule has 8 heteroatoms. The molecule has 0 bridgehead atoms. The second-order valence-corrected chi connectivity index (χ2v) is 16.7. The highest BCUT2D eigenvalue weighted by Gasteiger charge is 2.72. The van der Waals surface area contributed by atoms with E-state index >= 15 is 0 Å². The SMILES string of the molecule is CC(C)C1CCC2(C(=O)O)CCC3(CO)C(=CCC4C5(C)CC(O)C(OC(=O)c6ccc(O)c(O)c6)C(C)(C)C5CCC43C)C12. The molecule has 0 heterocycles. The molecule has 5 N–H and O–H groups in total. The Kier molecular flexibility index (Phi) is 7.53. The molecular weight excluding hydrogens is 572 g/mol. The summed E-state index contributed by atoms with van der Waals surface area (Å²) < 4.78 is 6.01. The van der Waals surface area contributed by atoms with Crippen LogP contribution < -0.4 is 0 Å². The van der Waals surface area contributed by atoms with E-state index in [0.29, 0.717) is 31.6 Å². The summed E-state index contributed by atoms with van der Waals surface area (Å²) in [6.45, 7) is 13.2. The molecule has 10 unspecified atom stereocenters. The molecule has 5 aliphatic carbocycles. The minimum absolute atomic E-state index is 0.00471. The van der Waals surface area contributed by atoms with Gasteiger partial charge in [0.15, 0.2) is 11.5 Å². The van der Waals surface area contributed by atoms with Crippen molar-refractivity contribution in [3.05, 3.63) is 35.4 Å². The second-order valence-electron chi connectivity index (χ2n) is 16.7. The number of aliphatic hydroxyl groups excluding tert-OH is 2. The molecule has 0 aromatic heterocycles. The number of carbonyl (C=O) groups excluding carboxylic acids is 1. The normalized spacial score (nSPS) is 43.4. The van der Waals surface area contributed by atoms with Crippen molar-refractivity contribution in [1.29, 1.82) is 0 Å². The maximum atomic E-state index is 13.2. The van der Waals surface area contributed by atoms with Crippen LogP contribution in [0.5, 0.6) is 11.5 Å². The first-order valence-corrected chi connectivity index (χ1v) is 17.0. The molecule has 1 aromatic carbocycles. The van der Waals surface area contributed by atoms with Gasteiger partial charge in [0, 0.05) is 10.8 Å². The van der Waals surface area contributed by atoms with Gasteiger partial charge in [-0.1, -0.05) is 53.2 Å². The zero-order valence-corrected chi connectivity index (χ0v) is 27.7. The highest BCUT2D eigenvalue weighted by molar-refractivity contribution is 5.90. The number of fused-ring (bicyclic) bond motifs is 7. The van der Waals surface area contributed by atoms with Crippen molar-refractivity contribution in [2.24, 2.45) is 56.7 Å². The first-order valence-electron chi connectivity index (χ1n) is 17.0. The van der Waals surface area contributed by atoms with Crippen LogP contribution in [0.3, 0.4) is 0 Å². The van der Waals surface area contributed by atoms with Gasteiger partial charge >= 0.3 is 11.9 Å². The Bertz CT molecular complexity index is 1410. The number of rotatable bonds is 5. The molecular formula is C37H52O8. The second kappa shape index (κ2) is 10.5. The third-order valence-electron chi connectivity index (χ3n) is 14.4. The number of carboxylic acids is 1. The zero-order chi connectivity index (χ0) is 32.9. The smallest absolute Gasteiger partial charge is 0.338 e. The topological polar surface area (TPSA) is 145 Å². The van der Waals surface area contributed by atoms with Gasteiger partial charge in [-0.15, -0.1) is 0 Å². The maximum absolute atomic E-state index is 13.2. The molecule has 45 heavy (non-hydrogen) atoms. The van der Waals surface area contributed by atoms with Crippen molar-refractivity contribution in [2.75, 3.05) is 6.61 Å². The first kappa shape index (κ1) is 32.4. The van der Waals surface area contributed by atoms with Gasteiger partial charge in [-0.3, -0.25) is 4.79 Å². The predicted molar refractivity (Wildman–Crippen MR) is 168 cm³/mol. The first-order chi connectivity index (χ1) is 21.0. The number of hydrogen-bond acceptors (Lipinski definition) is 7. The van der Waals surface area contributed by atoms with Crippen LogP contribution in [-0.4, -0.2) is 56.3 Å². The number of aromatic hydroxyl groups is 2. The fraction of sp³-hybridized carbons (Fsp3) is 0.730. The van der Waals surface area contributed by atoms with E-state index in [4.69, 9.17) is 4.74 Å². The van der Waals surface area contributed by atoms with Crippen molar-refractivity contribution in [3.63, 3.8) is 0 Å². The quantitative estimate of drug-likeness (QED) is 0.146. The summed E-state index contributed by atoms with van der Waals surface area (Å²) in [6, 6.07) is 3.82. The highest BCUT2D eigenvalue weighted by Crippen LogP contribution is 2.76. The van der Waals surface area contributed by atoms with E-state index < -0.39 is 46.1 Å². The molecule has 248 valence electrons. The summed E-state index contributed by atoms with van der Waals surface area (Å²) in [7, 11) is 0. The molecule has 1 aromatic rings. The van der Waals surface area contributed by atoms with Crippen molar-refractivity contribution in [2.45, 2.75) is 105 Å². The van der Waals surface area contributed by atoms with E-state index in [9.17, 15) is 35.1 Å². The average Bonchev–Trinajstić information content (AvgIpc) is 3.38. The number of allylic oxidation sites excluding steroid dienone is 1. The summed E-state index contributed by atoms with van der Waals surface area (Å²) in [6.07, 6.45) is 6.39. The molecule has 8 nitrogen and oxygen atoms in total. The third kappa shape index (κ3) is 4.23. The number of aliphatic hydroxyl groups is 2. The number of esters is 1. The van der Waals surface area contributed by atoms with Crippen LogP contribution in [0, 0.1) is 56.7 Å². The molecule has 0 saturated heterocycles. The van der Waals surface area contributed by atoms with Crippen LogP contribution in [0.4, 0.5) is 0 Å². The van der Waals surface area contributed by atoms with Gasteiger partial charge in [0.25, 0.3) is 0 Å². The number of benzene rings is 1. The Labute approximate surface area is 266 Å². The fourth-order valence-corrected chi connectivity index (χ4v) is 12.3. The minimum atomic E-state index is -0.917. The van der Waals surface area contributed by atoms with Crippen LogP contribution in [0.2, 0.25) is 0 Å². The molecule has 0 aliphatic heterocycles. The van der Waals surface area contributed by atoms with Gasteiger partial charge in [0.2, 0.25) is 0 Å². The molecule has 0 radical (unpaired) electrons. The van der Waals surface area contributed by atoms with Crippen molar-refractivity contribution >= 4 is 11.9 Å². The summed E-state index contributed by atoms with van der Waals surface area (Å²) in [5.74, 6) is -1.25. The van der Waals surface area contributed by atoms with Gasteiger partial charge in [0.1, 0.15) is 6.10 Å². The van der Waals surface area contributed by atoms with E-state index in [2.05, 4.69) is 47.6 Å². The van der Waals surface area contributed by atoms with Gasteiger partial charge in [0.05, 0.1) is 23.7 Å². The Morgan fingerprint density at radius 1 is 0.978 bits per heavy atom. The van der Waals surface area contributed by atoms with Crippen molar-refractivity contribution in [1.82, 2.24) is 0 Å². The van der Waals surface area contributed by atoms with Gasteiger partial charge in [-0.2, -0.15) is 0 Å². The molecule has 0 amide bonds. The Hall–Kier alpha value is -2.58. The van der Waals surface area contributed by atoms with Crippen LogP contribution in [0.1, 0.15) is 103 Å². The lowest BCUT2D eigenvalue weighted by Gasteiger charge is -2.71. The van der Waals surface area contributed by atoms with Crippen molar-refractivity contribution in [3.8, 4) is 11.5 Å². The summed E-state index contributed by atoms with van der Waals surface area (Å²) in [4.78, 5) is 26.2. The standard InChI is InChI=1S/C37H52O8/c1-20(2)22-11-14-36(32(43)44)15-16-37(19-38)23(29(22)36)8-10-28-34(5)18-26(41)30(33(3,4)27(34)12-13-35(28,37)6)45-31(42)21-7-9-24(39)25(40)17-21/h7-9,17,20,22,26-30,38-41H,10-16,18-19H2,1-6H3,(H,43,44). The summed E-state index contributed by atoms with van der Waals surface area (Å²) in [5, 5.41) is 53.4. The zero-order valence-electron chi connectivity index (χ0n) is 27.7. The molecule has 4 fully saturated rings. The molecule has 0 spiro atoms. The number of phenolic OH excluding ortho intramolecular Hbond substituents is 2. The third-order valence-corrected chi connectivity index (χ3v) is 14.4. The minimum Gasteiger partial charge on any atom is -0.504 e. The molecule has 10 atom stereocenters. The Morgan fingerprint density at radius 2 is 1.69 bits per heavy atom. The predicted octanol–water partition coefficient (Wildman–Crippen LogP) is 6.31. The lowest BCUT2D eigenvalue weighted by Crippen LogP contribution is -2.68. The van der Waals surface area contributed by atoms with E-state index in [1.165, 1.54) is 23.8 Å². The van der Waals surface area contributed by atoms with E-state index in [0.717, 1.165) is 25.7 Å². The fourth-order valence-electron chi connectivity index (χ4n) is 12.3. The lowest BCUT2D eigenvalue weighted by atomic mass is 9.34. The number of phenols is 2. The number of hydrogen-bond donors (Lipinski definition) is 5. The molecule has 4 saturated carbocycles. The van der Waals surface area contributed by atoms with E-state index in [-0.39, 0.29) is 52.4 Å². The van der Waals surface area contributed by atoms with Crippen LogP contribution in [0.25, 0.3) is 0 Å². The van der Waals surface area contributed by atoms with Crippen LogP contribution >= 0.6 is 0 Å². The Morgan fingerprint density at radius 3 is 2.31 bits per heavy atom. The van der Waals surface area contributed by atoms with Gasteiger partial charge < -0.3 is 30.3 Å². The number of aliphatic carboxylic acids is 1. The largest absolute Gasteiger partial charge is 0.504 e. The lowest BCUT2D eigenvalue weighted by molar-refractivity contribution is -0.236. The number of carbonyl (C=O) groups is 2.